The lowest BCUT2D eigenvalue weighted by atomic mass is 10.1. The molecule has 0 saturated carbocycles. The summed E-state index contributed by atoms with van der Waals surface area (Å²) in [5.41, 5.74) is 1.77. The lowest BCUT2D eigenvalue weighted by Crippen LogP contribution is -1.99. The number of hydrogen-bond donors (Lipinski definition) is 0. The van der Waals surface area contributed by atoms with Gasteiger partial charge in [0.1, 0.15) is 0 Å². The first-order chi connectivity index (χ1) is 8.86. The van der Waals surface area contributed by atoms with Gasteiger partial charge in [0.25, 0.3) is 0 Å². The fraction of sp³-hybridized carbons (Fsp3) is 0.133. The average molecular weight is 238 g/mol. The first-order valence-corrected chi connectivity index (χ1v) is 5.82. The number of ketones is 1. The quantitative estimate of drug-likeness (QED) is 0.593. The Bertz CT molecular complexity index is 521. The monoisotopic (exact) mass is 238 g/mol. The summed E-state index contributed by atoms with van der Waals surface area (Å²) in [6.45, 7) is 0.612. The molecule has 0 bridgehead atoms. The van der Waals surface area contributed by atoms with Crippen LogP contribution in [0.5, 0.6) is 0 Å². The SMILES string of the molecule is O=C(CC=NCc1ccccc1)c1cccnc1. The molecule has 0 spiro atoms. The first-order valence-electron chi connectivity index (χ1n) is 5.82. The van der Waals surface area contributed by atoms with E-state index < -0.39 is 0 Å². The van der Waals surface area contributed by atoms with Gasteiger partial charge in [-0.2, -0.15) is 0 Å². The van der Waals surface area contributed by atoms with Crippen LogP contribution in [-0.2, 0) is 6.54 Å². The summed E-state index contributed by atoms with van der Waals surface area (Å²) in [5.74, 6) is 0.0416. The second kappa shape index (κ2) is 6.45. The van der Waals surface area contributed by atoms with E-state index >= 15 is 0 Å². The van der Waals surface area contributed by atoms with Crippen molar-refractivity contribution in [3.8, 4) is 0 Å². The van der Waals surface area contributed by atoms with Crippen molar-refractivity contribution in [3.63, 3.8) is 0 Å². The second-order valence-corrected chi connectivity index (χ2v) is 3.88. The number of Topliss-reactive ketones (excluding diaryl/α,β-unsaturated/α-hetero) is 1. The van der Waals surface area contributed by atoms with Crippen LogP contribution in [0.3, 0.4) is 0 Å². The van der Waals surface area contributed by atoms with E-state index in [4.69, 9.17) is 0 Å². The first kappa shape index (κ1) is 12.2. The number of carbonyl (C=O) groups is 1. The Morgan fingerprint density at radius 3 is 2.72 bits per heavy atom. The van der Waals surface area contributed by atoms with Gasteiger partial charge in [-0.3, -0.25) is 14.8 Å². The molecule has 0 radical (unpaired) electrons. The molecule has 3 nitrogen and oxygen atoms in total. The molecule has 0 aliphatic heterocycles. The van der Waals surface area contributed by atoms with Gasteiger partial charge in [0.05, 0.1) is 6.54 Å². The smallest absolute Gasteiger partial charge is 0.169 e. The van der Waals surface area contributed by atoms with Crippen LogP contribution in [0.2, 0.25) is 0 Å². The number of carbonyl (C=O) groups excluding carboxylic acids is 1. The molecule has 2 aromatic rings. The van der Waals surface area contributed by atoms with Crippen LogP contribution in [0.25, 0.3) is 0 Å². The van der Waals surface area contributed by atoms with E-state index in [0.29, 0.717) is 18.5 Å². The largest absolute Gasteiger partial charge is 0.294 e. The Balaban J connectivity index is 1.83. The zero-order valence-electron chi connectivity index (χ0n) is 9.99. The molecule has 0 fully saturated rings. The Morgan fingerprint density at radius 2 is 2.00 bits per heavy atom. The van der Waals surface area contributed by atoms with Crippen LogP contribution < -0.4 is 0 Å². The van der Waals surface area contributed by atoms with Crippen LogP contribution in [-0.4, -0.2) is 17.0 Å². The lowest BCUT2D eigenvalue weighted by Gasteiger charge is -1.96. The average Bonchev–Trinajstić information content (AvgIpc) is 2.45. The number of benzene rings is 1. The second-order valence-electron chi connectivity index (χ2n) is 3.88. The summed E-state index contributed by atoms with van der Waals surface area (Å²) < 4.78 is 0. The molecule has 0 aliphatic rings. The van der Waals surface area contributed by atoms with Crippen LogP contribution >= 0.6 is 0 Å². The molecular weight excluding hydrogens is 224 g/mol. The Hall–Kier alpha value is -2.29. The van der Waals surface area contributed by atoms with E-state index in [1.807, 2.05) is 30.3 Å². The molecule has 0 amide bonds. The van der Waals surface area contributed by atoms with Crippen LogP contribution in [0.15, 0.2) is 59.9 Å². The molecule has 0 atom stereocenters. The maximum Gasteiger partial charge on any atom is 0.169 e. The number of aromatic nitrogens is 1. The highest BCUT2D eigenvalue weighted by molar-refractivity contribution is 6.03. The van der Waals surface area contributed by atoms with Gasteiger partial charge in [0.2, 0.25) is 0 Å². The highest BCUT2D eigenvalue weighted by Crippen LogP contribution is 2.02. The standard InChI is InChI=1S/C15H14N2O/c18-15(14-7-4-9-16-12-14)8-10-17-11-13-5-2-1-3-6-13/h1-7,9-10,12H,8,11H2. The molecule has 1 aromatic heterocycles. The van der Waals surface area contributed by atoms with Gasteiger partial charge >= 0.3 is 0 Å². The summed E-state index contributed by atoms with van der Waals surface area (Å²) in [5, 5.41) is 0. The van der Waals surface area contributed by atoms with Crippen molar-refractivity contribution in [1.82, 2.24) is 4.98 Å². The molecule has 3 heteroatoms. The van der Waals surface area contributed by atoms with Crippen molar-refractivity contribution in [2.75, 3.05) is 0 Å². The summed E-state index contributed by atoms with van der Waals surface area (Å²) in [6, 6.07) is 13.5. The van der Waals surface area contributed by atoms with Crippen LogP contribution in [0.1, 0.15) is 22.3 Å². The van der Waals surface area contributed by atoms with Crippen molar-refractivity contribution in [1.29, 1.82) is 0 Å². The molecule has 1 aromatic carbocycles. The minimum Gasteiger partial charge on any atom is -0.294 e. The van der Waals surface area contributed by atoms with Crippen molar-refractivity contribution in [3.05, 3.63) is 66.0 Å². The predicted octanol–water partition coefficient (Wildman–Crippen LogP) is 2.93. The maximum atomic E-state index is 11.7. The van der Waals surface area contributed by atoms with Crippen LogP contribution in [0, 0.1) is 0 Å². The summed E-state index contributed by atoms with van der Waals surface area (Å²) in [6.07, 6.45) is 5.22. The zero-order valence-corrected chi connectivity index (χ0v) is 9.99. The van der Waals surface area contributed by atoms with Crippen molar-refractivity contribution < 1.29 is 4.79 Å². The van der Waals surface area contributed by atoms with E-state index in [2.05, 4.69) is 9.98 Å². The minimum absolute atomic E-state index is 0.0416. The third-order valence-corrected chi connectivity index (χ3v) is 2.51. The van der Waals surface area contributed by atoms with Gasteiger partial charge in [-0.05, 0) is 17.7 Å². The molecule has 90 valence electrons. The molecule has 0 N–H and O–H groups in total. The minimum atomic E-state index is 0.0416. The van der Waals surface area contributed by atoms with Gasteiger partial charge in [-0.25, -0.2) is 0 Å². The van der Waals surface area contributed by atoms with Crippen molar-refractivity contribution >= 4 is 12.0 Å². The van der Waals surface area contributed by atoms with Gasteiger partial charge in [0, 0.05) is 30.6 Å². The highest BCUT2D eigenvalue weighted by Gasteiger charge is 2.02. The molecule has 0 saturated heterocycles. The molecule has 0 aliphatic carbocycles. The Kier molecular flexibility index (Phi) is 4.36. The fourth-order valence-electron chi connectivity index (χ4n) is 1.55. The number of pyridine rings is 1. The number of nitrogens with zero attached hydrogens (tertiary/aromatic N) is 2. The van der Waals surface area contributed by atoms with E-state index in [0.717, 1.165) is 5.56 Å². The highest BCUT2D eigenvalue weighted by atomic mass is 16.1. The molecular formula is C15H14N2O. The molecule has 0 unspecified atom stereocenters. The Labute approximate surface area is 106 Å². The zero-order chi connectivity index (χ0) is 12.6. The summed E-state index contributed by atoms with van der Waals surface area (Å²) >= 11 is 0. The van der Waals surface area contributed by atoms with Crippen molar-refractivity contribution in [2.24, 2.45) is 4.99 Å². The van der Waals surface area contributed by atoms with E-state index in [1.54, 1.807) is 30.7 Å². The van der Waals surface area contributed by atoms with Gasteiger partial charge in [-0.1, -0.05) is 30.3 Å². The van der Waals surface area contributed by atoms with Gasteiger partial charge < -0.3 is 0 Å². The third-order valence-electron chi connectivity index (χ3n) is 2.51. The fourth-order valence-corrected chi connectivity index (χ4v) is 1.55. The maximum absolute atomic E-state index is 11.7. The molecule has 1 heterocycles. The molecule has 2 rings (SSSR count). The summed E-state index contributed by atoms with van der Waals surface area (Å²) in [4.78, 5) is 19.9. The van der Waals surface area contributed by atoms with E-state index in [-0.39, 0.29) is 5.78 Å². The number of aliphatic imine (C=N–C) groups is 1. The third kappa shape index (κ3) is 3.63. The van der Waals surface area contributed by atoms with Crippen molar-refractivity contribution in [2.45, 2.75) is 13.0 Å². The predicted molar refractivity (Wildman–Crippen MR) is 71.8 cm³/mol. The topological polar surface area (TPSA) is 42.3 Å². The van der Waals surface area contributed by atoms with Crippen LogP contribution in [0.4, 0.5) is 0 Å². The number of rotatable bonds is 5. The lowest BCUT2D eigenvalue weighted by molar-refractivity contribution is 0.100. The number of hydrogen-bond acceptors (Lipinski definition) is 3. The molecule has 18 heavy (non-hydrogen) atoms. The van der Waals surface area contributed by atoms with Gasteiger partial charge in [-0.15, -0.1) is 0 Å². The van der Waals surface area contributed by atoms with Gasteiger partial charge in [0.15, 0.2) is 5.78 Å². The van der Waals surface area contributed by atoms with E-state index in [1.165, 1.54) is 0 Å². The van der Waals surface area contributed by atoms with E-state index in [9.17, 15) is 4.79 Å². The summed E-state index contributed by atoms with van der Waals surface area (Å²) in [7, 11) is 0. The normalized spacial score (nSPS) is 10.7. The Morgan fingerprint density at radius 1 is 1.17 bits per heavy atom.